The SMILES string of the molecule is CCOC(=O)N1CCN(C(=O)CC(=O)Nc2ccc(Cl)cc2)CC1. The fraction of sp³-hybridized carbons (Fsp3) is 0.438. The quantitative estimate of drug-likeness (QED) is 0.839. The van der Waals surface area contributed by atoms with Gasteiger partial charge in [-0.05, 0) is 31.2 Å². The predicted molar refractivity (Wildman–Crippen MR) is 89.9 cm³/mol. The summed E-state index contributed by atoms with van der Waals surface area (Å²) in [5.74, 6) is -0.639. The topological polar surface area (TPSA) is 79.0 Å². The summed E-state index contributed by atoms with van der Waals surface area (Å²) in [6.45, 7) is 3.67. The highest BCUT2D eigenvalue weighted by Crippen LogP contribution is 2.14. The van der Waals surface area contributed by atoms with Gasteiger partial charge in [0, 0.05) is 36.9 Å². The summed E-state index contributed by atoms with van der Waals surface area (Å²) in [4.78, 5) is 38.8. The van der Waals surface area contributed by atoms with Gasteiger partial charge in [0.15, 0.2) is 0 Å². The van der Waals surface area contributed by atoms with Crippen LogP contribution in [0.4, 0.5) is 10.5 Å². The number of hydrogen-bond acceptors (Lipinski definition) is 4. The molecule has 2 rings (SSSR count). The van der Waals surface area contributed by atoms with Gasteiger partial charge in [-0.1, -0.05) is 11.6 Å². The standard InChI is InChI=1S/C16H20ClN3O4/c1-2-24-16(23)20-9-7-19(8-10-20)15(22)11-14(21)18-13-5-3-12(17)4-6-13/h3-6H,2,7-11H2,1H3,(H,18,21). The van der Waals surface area contributed by atoms with Gasteiger partial charge in [-0.15, -0.1) is 0 Å². The van der Waals surface area contributed by atoms with Crippen LogP contribution in [-0.2, 0) is 14.3 Å². The highest BCUT2D eigenvalue weighted by atomic mass is 35.5. The molecule has 1 fully saturated rings. The minimum absolute atomic E-state index is 0.234. The molecule has 1 aliphatic heterocycles. The average molecular weight is 354 g/mol. The fourth-order valence-electron chi connectivity index (χ4n) is 2.34. The Morgan fingerprint density at radius 1 is 1.08 bits per heavy atom. The molecule has 1 aromatic carbocycles. The van der Waals surface area contributed by atoms with Crippen LogP contribution < -0.4 is 5.32 Å². The van der Waals surface area contributed by atoms with E-state index in [2.05, 4.69) is 5.32 Å². The average Bonchev–Trinajstić information content (AvgIpc) is 2.57. The van der Waals surface area contributed by atoms with Crippen LogP contribution in [0.15, 0.2) is 24.3 Å². The van der Waals surface area contributed by atoms with Crippen molar-refractivity contribution in [2.45, 2.75) is 13.3 Å². The number of rotatable bonds is 4. The zero-order chi connectivity index (χ0) is 17.5. The molecule has 1 aromatic rings. The zero-order valence-electron chi connectivity index (χ0n) is 13.5. The smallest absolute Gasteiger partial charge is 0.409 e. The van der Waals surface area contributed by atoms with E-state index in [0.717, 1.165) is 0 Å². The van der Waals surface area contributed by atoms with Crippen molar-refractivity contribution in [2.24, 2.45) is 0 Å². The second kappa shape index (κ2) is 8.54. The molecule has 1 heterocycles. The Bertz CT molecular complexity index is 598. The monoisotopic (exact) mass is 353 g/mol. The molecule has 3 amide bonds. The molecule has 0 bridgehead atoms. The first kappa shape index (κ1) is 18.1. The number of ether oxygens (including phenoxy) is 1. The molecule has 0 atom stereocenters. The van der Waals surface area contributed by atoms with Crippen LogP contribution in [-0.4, -0.2) is 60.5 Å². The number of piperazine rings is 1. The lowest BCUT2D eigenvalue weighted by Gasteiger charge is -2.34. The molecule has 7 nitrogen and oxygen atoms in total. The van der Waals surface area contributed by atoms with Crippen molar-refractivity contribution < 1.29 is 19.1 Å². The van der Waals surface area contributed by atoms with Crippen LogP contribution in [0.5, 0.6) is 0 Å². The Hall–Kier alpha value is -2.28. The number of benzene rings is 1. The van der Waals surface area contributed by atoms with E-state index >= 15 is 0 Å². The van der Waals surface area contributed by atoms with Crippen molar-refractivity contribution in [1.82, 2.24) is 9.80 Å². The van der Waals surface area contributed by atoms with E-state index in [1.54, 1.807) is 41.0 Å². The van der Waals surface area contributed by atoms with Crippen LogP contribution in [0.25, 0.3) is 0 Å². The lowest BCUT2D eigenvalue weighted by atomic mass is 10.2. The summed E-state index contributed by atoms with van der Waals surface area (Å²) >= 11 is 5.78. The van der Waals surface area contributed by atoms with E-state index in [0.29, 0.717) is 43.5 Å². The molecule has 0 aromatic heterocycles. The van der Waals surface area contributed by atoms with E-state index in [4.69, 9.17) is 16.3 Å². The number of hydrogen-bond donors (Lipinski definition) is 1. The number of carbonyl (C=O) groups is 3. The molecule has 1 aliphatic rings. The Morgan fingerprint density at radius 2 is 1.67 bits per heavy atom. The highest BCUT2D eigenvalue weighted by Gasteiger charge is 2.25. The minimum atomic E-state index is -0.379. The molecule has 0 saturated carbocycles. The zero-order valence-corrected chi connectivity index (χ0v) is 14.2. The lowest BCUT2D eigenvalue weighted by molar-refractivity contribution is -0.135. The summed E-state index contributed by atoms with van der Waals surface area (Å²) < 4.78 is 4.93. The van der Waals surface area contributed by atoms with Crippen molar-refractivity contribution in [2.75, 3.05) is 38.1 Å². The van der Waals surface area contributed by atoms with Crippen molar-refractivity contribution in [3.8, 4) is 0 Å². The molecule has 1 saturated heterocycles. The summed E-state index contributed by atoms with van der Waals surface area (Å²) in [6.07, 6.45) is -0.604. The first-order valence-corrected chi connectivity index (χ1v) is 8.12. The molecular weight excluding hydrogens is 334 g/mol. The van der Waals surface area contributed by atoms with E-state index < -0.39 is 0 Å². The maximum absolute atomic E-state index is 12.2. The number of nitrogens with zero attached hydrogens (tertiary/aromatic N) is 2. The van der Waals surface area contributed by atoms with Crippen LogP contribution in [0.1, 0.15) is 13.3 Å². The van der Waals surface area contributed by atoms with E-state index in [-0.39, 0.29) is 24.3 Å². The van der Waals surface area contributed by atoms with Crippen LogP contribution in [0.3, 0.4) is 0 Å². The molecule has 130 valence electrons. The molecule has 24 heavy (non-hydrogen) atoms. The van der Waals surface area contributed by atoms with E-state index in [1.165, 1.54) is 0 Å². The number of anilines is 1. The van der Waals surface area contributed by atoms with Crippen molar-refractivity contribution >= 4 is 35.2 Å². The van der Waals surface area contributed by atoms with Gasteiger partial charge in [0.2, 0.25) is 11.8 Å². The second-order valence-corrected chi connectivity index (χ2v) is 5.74. The van der Waals surface area contributed by atoms with E-state index in [9.17, 15) is 14.4 Å². The Kier molecular flexibility index (Phi) is 6.43. The Morgan fingerprint density at radius 3 is 2.25 bits per heavy atom. The first-order chi connectivity index (χ1) is 11.5. The molecular formula is C16H20ClN3O4. The van der Waals surface area contributed by atoms with Crippen LogP contribution in [0, 0.1) is 0 Å². The predicted octanol–water partition coefficient (Wildman–Crippen LogP) is 1.97. The van der Waals surface area contributed by atoms with Crippen molar-refractivity contribution in [3.05, 3.63) is 29.3 Å². The largest absolute Gasteiger partial charge is 0.450 e. The third kappa shape index (κ3) is 5.13. The van der Waals surface area contributed by atoms with E-state index in [1.807, 2.05) is 0 Å². The van der Waals surface area contributed by atoms with Crippen molar-refractivity contribution in [1.29, 1.82) is 0 Å². The molecule has 0 unspecified atom stereocenters. The maximum atomic E-state index is 12.2. The van der Waals surface area contributed by atoms with Gasteiger partial charge in [0.1, 0.15) is 6.42 Å². The van der Waals surface area contributed by atoms with Gasteiger partial charge in [-0.3, -0.25) is 9.59 Å². The second-order valence-electron chi connectivity index (χ2n) is 5.30. The van der Waals surface area contributed by atoms with Gasteiger partial charge >= 0.3 is 6.09 Å². The van der Waals surface area contributed by atoms with Gasteiger partial charge in [-0.2, -0.15) is 0 Å². The van der Waals surface area contributed by atoms with Crippen molar-refractivity contribution in [3.63, 3.8) is 0 Å². The summed E-state index contributed by atoms with van der Waals surface area (Å²) in [7, 11) is 0. The van der Waals surface area contributed by atoms with Crippen LogP contribution >= 0.6 is 11.6 Å². The van der Waals surface area contributed by atoms with Gasteiger partial charge in [0.25, 0.3) is 0 Å². The molecule has 0 aliphatic carbocycles. The lowest BCUT2D eigenvalue weighted by Crippen LogP contribution is -2.51. The molecule has 1 N–H and O–H groups in total. The summed E-state index contributed by atoms with van der Waals surface area (Å²) in [5.41, 5.74) is 0.587. The van der Waals surface area contributed by atoms with Crippen LogP contribution in [0.2, 0.25) is 5.02 Å². The fourth-order valence-corrected chi connectivity index (χ4v) is 2.47. The Balaban J connectivity index is 1.77. The third-order valence-corrected chi connectivity index (χ3v) is 3.85. The number of amides is 3. The third-order valence-electron chi connectivity index (χ3n) is 3.60. The minimum Gasteiger partial charge on any atom is -0.450 e. The highest BCUT2D eigenvalue weighted by molar-refractivity contribution is 6.30. The maximum Gasteiger partial charge on any atom is 0.409 e. The molecule has 0 spiro atoms. The normalized spacial score (nSPS) is 14.2. The summed E-state index contributed by atoms with van der Waals surface area (Å²) in [5, 5.41) is 3.23. The molecule has 8 heteroatoms. The number of carbonyl (C=O) groups excluding carboxylic acids is 3. The first-order valence-electron chi connectivity index (χ1n) is 7.74. The van der Waals surface area contributed by atoms with Gasteiger partial charge in [-0.25, -0.2) is 4.79 Å². The number of halogens is 1. The summed E-state index contributed by atoms with van der Waals surface area (Å²) in [6, 6.07) is 6.66. The van der Waals surface area contributed by atoms with Gasteiger partial charge < -0.3 is 19.9 Å². The van der Waals surface area contributed by atoms with Gasteiger partial charge in [0.05, 0.1) is 6.61 Å². The Labute approximate surface area is 145 Å². The number of nitrogens with one attached hydrogen (secondary N) is 1. The molecule has 0 radical (unpaired) electrons.